The summed E-state index contributed by atoms with van der Waals surface area (Å²) >= 11 is 6.08. The van der Waals surface area contributed by atoms with Crippen LogP contribution < -0.4 is 15.4 Å². The van der Waals surface area contributed by atoms with E-state index in [0.29, 0.717) is 36.2 Å². The van der Waals surface area contributed by atoms with Gasteiger partial charge in [0.2, 0.25) is 0 Å². The van der Waals surface area contributed by atoms with Crippen molar-refractivity contribution in [3.05, 3.63) is 23.2 Å². The first kappa shape index (κ1) is 16.6. The molecule has 0 bridgehead atoms. The highest BCUT2D eigenvalue weighted by molar-refractivity contribution is 6.32. The van der Waals surface area contributed by atoms with Crippen LogP contribution in [-0.4, -0.2) is 32.9 Å². The van der Waals surface area contributed by atoms with E-state index in [1.54, 1.807) is 25.3 Å². The Morgan fingerprint density at radius 1 is 1.35 bits per heavy atom. The third-order valence-electron chi connectivity index (χ3n) is 2.56. The number of rotatable bonds is 8. The predicted molar refractivity (Wildman–Crippen MR) is 80.8 cm³/mol. The molecule has 2 amide bonds. The third kappa shape index (κ3) is 5.67. The zero-order valence-electron chi connectivity index (χ0n) is 11.9. The summed E-state index contributed by atoms with van der Waals surface area (Å²) in [5, 5.41) is 5.96. The number of hydrogen-bond donors (Lipinski definition) is 2. The molecule has 0 radical (unpaired) electrons. The van der Waals surface area contributed by atoms with Gasteiger partial charge in [-0.25, -0.2) is 4.79 Å². The number of carbonyl (C=O) groups excluding carboxylic acids is 1. The Morgan fingerprint density at radius 3 is 2.85 bits per heavy atom. The van der Waals surface area contributed by atoms with Crippen LogP contribution in [0.2, 0.25) is 5.02 Å². The zero-order chi connectivity index (χ0) is 14.8. The SMILES string of the molecule is CCCCNC(=O)Nc1cccc(Cl)c1OCCOC. The predicted octanol–water partition coefficient (Wildman–Crippen LogP) is 3.29. The van der Waals surface area contributed by atoms with Crippen LogP contribution in [0.3, 0.4) is 0 Å². The van der Waals surface area contributed by atoms with Crippen LogP contribution in [0.4, 0.5) is 10.5 Å². The summed E-state index contributed by atoms with van der Waals surface area (Å²) in [5.74, 6) is 0.455. The third-order valence-corrected chi connectivity index (χ3v) is 2.86. The number of hydrogen-bond acceptors (Lipinski definition) is 3. The minimum Gasteiger partial charge on any atom is -0.487 e. The first-order valence-corrected chi connectivity index (χ1v) is 7.02. The van der Waals surface area contributed by atoms with Gasteiger partial charge >= 0.3 is 6.03 Å². The summed E-state index contributed by atoms with van der Waals surface area (Å²) in [6.45, 7) is 3.53. The molecular formula is C14H21ClN2O3. The molecule has 0 aromatic heterocycles. The fraction of sp³-hybridized carbons (Fsp3) is 0.500. The second-order valence-corrected chi connectivity index (χ2v) is 4.60. The molecule has 0 aliphatic carbocycles. The Labute approximate surface area is 124 Å². The number of ether oxygens (including phenoxy) is 2. The van der Waals surface area contributed by atoms with Crippen LogP contribution in [-0.2, 0) is 4.74 Å². The molecule has 1 rings (SSSR count). The lowest BCUT2D eigenvalue weighted by molar-refractivity contribution is 0.146. The molecule has 0 unspecified atom stereocenters. The molecule has 0 aliphatic rings. The number of para-hydroxylation sites is 1. The van der Waals surface area contributed by atoms with Crippen LogP contribution in [0.25, 0.3) is 0 Å². The quantitative estimate of drug-likeness (QED) is 0.724. The number of unbranched alkanes of at least 4 members (excludes halogenated alkanes) is 1. The number of benzene rings is 1. The topological polar surface area (TPSA) is 59.6 Å². The zero-order valence-corrected chi connectivity index (χ0v) is 12.6. The molecule has 1 aromatic rings. The molecule has 0 fully saturated rings. The van der Waals surface area contributed by atoms with Gasteiger partial charge in [-0.15, -0.1) is 0 Å². The second kappa shape index (κ2) is 9.44. The van der Waals surface area contributed by atoms with Crippen LogP contribution in [0.1, 0.15) is 19.8 Å². The van der Waals surface area contributed by atoms with Gasteiger partial charge in [-0.05, 0) is 18.6 Å². The van der Waals surface area contributed by atoms with Gasteiger partial charge in [-0.3, -0.25) is 0 Å². The summed E-state index contributed by atoms with van der Waals surface area (Å²) < 4.78 is 10.5. The molecule has 0 saturated heterocycles. The largest absolute Gasteiger partial charge is 0.487 e. The lowest BCUT2D eigenvalue weighted by atomic mass is 10.3. The minimum atomic E-state index is -0.266. The average molecular weight is 301 g/mol. The molecule has 112 valence electrons. The normalized spacial score (nSPS) is 10.2. The number of nitrogens with one attached hydrogen (secondary N) is 2. The van der Waals surface area contributed by atoms with Crippen molar-refractivity contribution in [1.82, 2.24) is 5.32 Å². The molecule has 5 nitrogen and oxygen atoms in total. The van der Waals surface area contributed by atoms with E-state index in [9.17, 15) is 4.79 Å². The highest BCUT2D eigenvalue weighted by Gasteiger charge is 2.11. The fourth-order valence-corrected chi connectivity index (χ4v) is 1.76. The van der Waals surface area contributed by atoms with Gasteiger partial charge in [0.1, 0.15) is 6.61 Å². The first-order valence-electron chi connectivity index (χ1n) is 6.64. The van der Waals surface area contributed by atoms with E-state index in [4.69, 9.17) is 21.1 Å². The Kier molecular flexibility index (Phi) is 7.84. The summed E-state index contributed by atoms with van der Waals surface area (Å²) in [6, 6.07) is 4.95. The molecule has 0 aliphatic heterocycles. The molecule has 6 heteroatoms. The smallest absolute Gasteiger partial charge is 0.319 e. The molecule has 0 spiro atoms. The molecule has 0 saturated carbocycles. The van der Waals surface area contributed by atoms with Crippen molar-refractivity contribution < 1.29 is 14.3 Å². The maximum absolute atomic E-state index is 11.7. The molecule has 2 N–H and O–H groups in total. The number of anilines is 1. The maximum Gasteiger partial charge on any atom is 0.319 e. The van der Waals surface area contributed by atoms with Gasteiger partial charge in [0, 0.05) is 13.7 Å². The summed E-state index contributed by atoms with van der Waals surface area (Å²) in [7, 11) is 1.59. The first-order chi connectivity index (χ1) is 9.69. The van der Waals surface area contributed by atoms with E-state index in [-0.39, 0.29) is 6.03 Å². The van der Waals surface area contributed by atoms with Crippen LogP contribution in [0.15, 0.2) is 18.2 Å². The van der Waals surface area contributed by atoms with Crippen molar-refractivity contribution in [1.29, 1.82) is 0 Å². The lowest BCUT2D eigenvalue weighted by Crippen LogP contribution is -2.29. The fourth-order valence-electron chi connectivity index (χ4n) is 1.53. The Hall–Kier alpha value is -1.46. The van der Waals surface area contributed by atoms with E-state index >= 15 is 0 Å². The second-order valence-electron chi connectivity index (χ2n) is 4.19. The minimum absolute atomic E-state index is 0.266. The van der Waals surface area contributed by atoms with Gasteiger partial charge in [-0.2, -0.15) is 0 Å². The highest BCUT2D eigenvalue weighted by Crippen LogP contribution is 2.32. The number of urea groups is 1. The standard InChI is InChI=1S/C14H21ClN2O3/c1-3-4-8-16-14(18)17-12-7-5-6-11(15)13(12)20-10-9-19-2/h5-7H,3-4,8-10H2,1-2H3,(H2,16,17,18). The van der Waals surface area contributed by atoms with Crippen LogP contribution in [0.5, 0.6) is 5.75 Å². The van der Waals surface area contributed by atoms with E-state index in [2.05, 4.69) is 17.6 Å². The van der Waals surface area contributed by atoms with Gasteiger partial charge < -0.3 is 20.1 Å². The van der Waals surface area contributed by atoms with Crippen molar-refractivity contribution in [2.75, 3.05) is 32.2 Å². The number of amides is 2. The summed E-state index contributed by atoms with van der Waals surface area (Å²) in [4.78, 5) is 11.7. The Morgan fingerprint density at radius 2 is 2.15 bits per heavy atom. The maximum atomic E-state index is 11.7. The van der Waals surface area contributed by atoms with Gasteiger partial charge in [0.05, 0.1) is 17.3 Å². The molecule has 0 heterocycles. The molecule has 20 heavy (non-hydrogen) atoms. The van der Waals surface area contributed by atoms with Crippen LogP contribution in [0, 0.1) is 0 Å². The van der Waals surface area contributed by atoms with Crippen molar-refractivity contribution >= 4 is 23.3 Å². The highest BCUT2D eigenvalue weighted by atomic mass is 35.5. The average Bonchev–Trinajstić information content (AvgIpc) is 2.42. The molecular weight excluding hydrogens is 280 g/mol. The Balaban J connectivity index is 2.63. The molecule has 0 atom stereocenters. The van der Waals surface area contributed by atoms with Gasteiger partial charge in [0.15, 0.2) is 5.75 Å². The number of methoxy groups -OCH3 is 1. The summed E-state index contributed by atoms with van der Waals surface area (Å²) in [5.41, 5.74) is 0.544. The van der Waals surface area contributed by atoms with E-state index in [0.717, 1.165) is 12.8 Å². The van der Waals surface area contributed by atoms with Crippen molar-refractivity contribution in [2.24, 2.45) is 0 Å². The molecule has 1 aromatic carbocycles. The number of carbonyl (C=O) groups is 1. The van der Waals surface area contributed by atoms with E-state index in [1.165, 1.54) is 0 Å². The monoisotopic (exact) mass is 300 g/mol. The van der Waals surface area contributed by atoms with Crippen molar-refractivity contribution in [3.63, 3.8) is 0 Å². The van der Waals surface area contributed by atoms with Gasteiger partial charge in [-0.1, -0.05) is 31.0 Å². The van der Waals surface area contributed by atoms with E-state index < -0.39 is 0 Å². The van der Waals surface area contributed by atoms with Gasteiger partial charge in [0.25, 0.3) is 0 Å². The van der Waals surface area contributed by atoms with E-state index in [1.807, 2.05) is 0 Å². The summed E-state index contributed by atoms with van der Waals surface area (Å²) in [6.07, 6.45) is 1.98. The van der Waals surface area contributed by atoms with Crippen LogP contribution >= 0.6 is 11.6 Å². The van der Waals surface area contributed by atoms with Crippen molar-refractivity contribution in [2.45, 2.75) is 19.8 Å². The number of halogens is 1. The van der Waals surface area contributed by atoms with Crippen molar-refractivity contribution in [3.8, 4) is 5.75 Å². The Bertz CT molecular complexity index is 427. The lowest BCUT2D eigenvalue weighted by Gasteiger charge is -2.14.